The van der Waals surface area contributed by atoms with E-state index in [4.69, 9.17) is 16.3 Å². The van der Waals surface area contributed by atoms with Crippen molar-refractivity contribution in [3.63, 3.8) is 0 Å². The fourth-order valence-electron chi connectivity index (χ4n) is 7.59. The molecule has 2 aromatic heterocycles. The molecule has 13 heteroatoms. The van der Waals surface area contributed by atoms with Crippen LogP contribution in [0.5, 0.6) is 0 Å². The zero-order valence-electron chi connectivity index (χ0n) is 26.4. The second-order valence-electron chi connectivity index (χ2n) is 13.1. The predicted molar refractivity (Wildman–Crippen MR) is 181 cm³/mol. The smallest absolute Gasteiger partial charge is 0.279 e. The number of hydrogen-bond acceptors (Lipinski definition) is 7. The Morgan fingerprint density at radius 2 is 1.85 bits per heavy atom. The van der Waals surface area contributed by atoms with E-state index in [1.54, 1.807) is 27.9 Å². The number of carbonyl (C=O) groups is 1. The van der Waals surface area contributed by atoms with Crippen molar-refractivity contribution in [3.05, 3.63) is 105 Å². The van der Waals surface area contributed by atoms with E-state index in [9.17, 15) is 19.5 Å². The van der Waals surface area contributed by atoms with Crippen LogP contribution in [0.15, 0.2) is 77.7 Å². The number of hydrogen-bond donors (Lipinski definition) is 3. The summed E-state index contributed by atoms with van der Waals surface area (Å²) >= 11 is 6.54. The minimum atomic E-state index is -2.84. The van der Waals surface area contributed by atoms with Crippen molar-refractivity contribution >= 4 is 42.4 Å². The van der Waals surface area contributed by atoms with E-state index in [-0.39, 0.29) is 36.1 Å². The summed E-state index contributed by atoms with van der Waals surface area (Å²) in [6.45, 7) is 6.56. The van der Waals surface area contributed by atoms with E-state index in [1.807, 2.05) is 74.6 Å². The van der Waals surface area contributed by atoms with Crippen molar-refractivity contribution in [2.24, 2.45) is 5.92 Å². The third-order valence-corrected chi connectivity index (χ3v) is 12.4. The van der Waals surface area contributed by atoms with Crippen LogP contribution in [-0.2, 0) is 34.6 Å². The summed E-state index contributed by atoms with van der Waals surface area (Å²) in [7, 11) is -2.84. The van der Waals surface area contributed by atoms with Crippen molar-refractivity contribution in [2.45, 2.75) is 63.2 Å². The second-order valence-corrected chi connectivity index (χ2v) is 17.5. The van der Waals surface area contributed by atoms with E-state index in [0.717, 1.165) is 16.8 Å². The molecule has 1 spiro atoms. The molecule has 1 saturated heterocycles. The number of rotatable bonds is 9. The maximum absolute atomic E-state index is 14.7. The molecule has 1 amide bonds. The molecule has 0 bridgehead atoms. The summed E-state index contributed by atoms with van der Waals surface area (Å²) in [5.41, 5.74) is 2.78. The van der Waals surface area contributed by atoms with Gasteiger partial charge in [0.2, 0.25) is 0 Å². The lowest BCUT2D eigenvalue weighted by atomic mass is 9.82. The molecule has 0 saturated carbocycles. The Kier molecular flexibility index (Phi) is 7.96. The minimum absolute atomic E-state index is 0.00825. The zero-order valence-corrected chi connectivity index (χ0v) is 28.2. The van der Waals surface area contributed by atoms with E-state index in [1.165, 1.54) is 4.68 Å². The van der Waals surface area contributed by atoms with Gasteiger partial charge in [-0.25, -0.2) is 4.68 Å². The van der Waals surface area contributed by atoms with Crippen molar-refractivity contribution in [1.82, 2.24) is 24.8 Å². The van der Waals surface area contributed by atoms with Crippen LogP contribution in [0.2, 0.25) is 23.7 Å². The number of benzene rings is 3. The monoisotopic (exact) mass is 672 g/mol. The number of nitrogens with one attached hydrogen (secondary N) is 1. The molecule has 4 atom stereocenters. The zero-order chi connectivity index (χ0) is 33.1. The minimum Gasteiger partial charge on any atom is -0.432 e. The number of aromatic nitrogens is 5. The van der Waals surface area contributed by atoms with E-state index in [2.05, 4.69) is 15.4 Å². The number of aliphatic hydroxyl groups excluding tert-OH is 1. The lowest BCUT2D eigenvalue weighted by molar-refractivity contribution is -0.146. The molecule has 47 heavy (non-hydrogen) atoms. The third kappa shape index (κ3) is 5.34. The van der Waals surface area contributed by atoms with Crippen LogP contribution in [0.3, 0.4) is 0 Å². The molecule has 1 fully saturated rings. The summed E-state index contributed by atoms with van der Waals surface area (Å²) in [5.74, 6) is -0.513. The van der Waals surface area contributed by atoms with Crippen molar-refractivity contribution in [2.75, 3.05) is 11.5 Å². The van der Waals surface area contributed by atoms with Crippen LogP contribution in [0.4, 0.5) is 5.69 Å². The van der Waals surface area contributed by atoms with Crippen LogP contribution < -0.4 is 10.5 Å². The number of amides is 1. The van der Waals surface area contributed by atoms with Gasteiger partial charge in [0.25, 0.3) is 11.5 Å². The number of halogens is 1. The first-order valence-electron chi connectivity index (χ1n) is 15.8. The predicted octanol–water partition coefficient (Wildman–Crippen LogP) is 4.53. The molecule has 2 aliphatic rings. The molecule has 4 heterocycles. The molecule has 2 aliphatic heterocycles. The molecule has 244 valence electrons. The highest BCUT2D eigenvalue weighted by atomic mass is 35.5. The van der Waals surface area contributed by atoms with Crippen LogP contribution in [-0.4, -0.2) is 61.6 Å². The number of aryl methyl sites for hydroxylation is 1. The molecule has 0 unspecified atom stereocenters. The van der Waals surface area contributed by atoms with Gasteiger partial charge in [-0.2, -0.15) is 0 Å². The lowest BCUT2D eigenvalue weighted by Gasteiger charge is -2.32. The first kappa shape index (κ1) is 31.5. The Morgan fingerprint density at radius 1 is 1.09 bits per heavy atom. The number of fused-ring (bicyclic) bond motifs is 3. The number of carbonyl (C=O) groups excluding carboxylic acids is 1. The lowest BCUT2D eigenvalue weighted by Crippen LogP contribution is -2.46. The molecule has 5 aromatic rings. The van der Waals surface area contributed by atoms with Gasteiger partial charge in [0, 0.05) is 47.8 Å². The van der Waals surface area contributed by atoms with Crippen LogP contribution in [0, 0.1) is 5.92 Å². The highest BCUT2D eigenvalue weighted by molar-refractivity contribution is 6.71. The van der Waals surface area contributed by atoms with E-state index in [0.29, 0.717) is 46.7 Å². The number of nitrogens with zero attached hydrogens (tertiary/aromatic N) is 5. The fraction of sp³-hybridized carbons (Fsp3) is 0.353. The number of aromatic amines is 1. The average Bonchev–Trinajstić information content (AvgIpc) is 3.77. The normalized spacial score (nSPS) is 22.6. The third-order valence-electron chi connectivity index (χ3n) is 9.67. The summed E-state index contributed by atoms with van der Waals surface area (Å²) in [5, 5.41) is 21.8. The Morgan fingerprint density at radius 3 is 2.57 bits per heavy atom. The van der Waals surface area contributed by atoms with Crippen molar-refractivity contribution < 1.29 is 19.4 Å². The van der Waals surface area contributed by atoms with Gasteiger partial charge in [0.05, 0.1) is 40.6 Å². The number of aliphatic hydroxyl groups is 1. The first-order valence-corrected chi connectivity index (χ1v) is 19.2. The quantitative estimate of drug-likeness (QED) is 0.196. The van der Waals surface area contributed by atoms with Crippen LogP contribution in [0.1, 0.15) is 30.2 Å². The maximum atomic E-state index is 14.7. The molecule has 0 aliphatic carbocycles. The topological polar surface area (TPSA) is 138 Å². The number of anilines is 1. The average molecular weight is 673 g/mol. The standard InChI is InChI=1S/C34H37ClN6O5Si/c1-21-31(47(2,3)45)30(14-16-39-20-24(15-17-42)36-38-39)46-34(21)27-18-23(35)10-13-29(27)40(33(34)44)19-22-8-11-25(12-9-22)41-32(43)26-6-4-5-7-28(26)37-41/h4-13,18,20-21,30-31,37,42,45H,14-17,19H2,1-3H3/t21-,30+,31-,34+/m1/s1. The highest BCUT2D eigenvalue weighted by Crippen LogP contribution is 2.60. The fourth-order valence-corrected chi connectivity index (χ4v) is 10.4. The number of ether oxygens (including phenoxy) is 1. The Labute approximate surface area is 277 Å². The van der Waals surface area contributed by atoms with Gasteiger partial charge < -0.3 is 19.5 Å². The van der Waals surface area contributed by atoms with E-state index < -0.39 is 20.0 Å². The van der Waals surface area contributed by atoms with E-state index >= 15 is 0 Å². The summed E-state index contributed by atoms with van der Waals surface area (Å²) in [6, 6.07) is 20.4. The summed E-state index contributed by atoms with van der Waals surface area (Å²) < 4.78 is 10.1. The molecule has 3 N–H and O–H groups in total. The van der Waals surface area contributed by atoms with Gasteiger partial charge in [-0.05, 0) is 67.5 Å². The number of para-hydroxylation sites is 1. The molecule has 11 nitrogen and oxygen atoms in total. The molecule has 0 radical (unpaired) electrons. The van der Waals surface area contributed by atoms with Crippen LogP contribution >= 0.6 is 11.6 Å². The maximum Gasteiger partial charge on any atom is 0.279 e. The van der Waals surface area contributed by atoms with Gasteiger partial charge in [0.1, 0.15) is 0 Å². The molecule has 7 rings (SSSR count). The highest BCUT2D eigenvalue weighted by Gasteiger charge is 2.66. The summed E-state index contributed by atoms with van der Waals surface area (Å²) in [4.78, 5) is 41.0. The first-order chi connectivity index (χ1) is 22.5. The van der Waals surface area contributed by atoms with Gasteiger partial charge in [-0.1, -0.05) is 48.0 Å². The Bertz CT molecular complexity index is 2020. The second kappa shape index (κ2) is 11.9. The number of H-pyrrole nitrogens is 1. The van der Waals surface area contributed by atoms with Crippen molar-refractivity contribution in [1.29, 1.82) is 0 Å². The summed E-state index contributed by atoms with van der Waals surface area (Å²) in [6.07, 6.45) is 2.34. The Hall–Kier alpha value is -4.07. The van der Waals surface area contributed by atoms with Gasteiger partial charge in [-0.15, -0.1) is 5.10 Å². The molecular formula is C34H37ClN6O5Si. The van der Waals surface area contributed by atoms with Crippen LogP contribution in [0.25, 0.3) is 16.6 Å². The molecule has 3 aromatic carbocycles. The largest absolute Gasteiger partial charge is 0.432 e. The molecular weight excluding hydrogens is 636 g/mol. The Balaban J connectivity index is 1.19. The van der Waals surface area contributed by atoms with Crippen molar-refractivity contribution in [3.8, 4) is 5.69 Å². The SMILES string of the molecule is C[C@@H]1[C@@H]([Si](C)(C)O)[C@H](CCn2cc(CCO)nn2)O[C@@]12C(=O)N(Cc1ccc(-n3[nH]c4ccccc4c3=O)cc1)c1ccc(Cl)cc12. The van der Waals surface area contributed by atoms with Gasteiger partial charge >= 0.3 is 0 Å². The van der Waals surface area contributed by atoms with Gasteiger partial charge in [0.15, 0.2) is 13.9 Å². The van der Waals surface area contributed by atoms with Gasteiger partial charge in [-0.3, -0.25) is 19.4 Å².